The lowest BCUT2D eigenvalue weighted by molar-refractivity contribution is -0.117. The third-order valence-electron chi connectivity index (χ3n) is 4.25. The van der Waals surface area contributed by atoms with Crippen LogP contribution in [0, 0.1) is 6.92 Å². The Morgan fingerprint density at radius 3 is 2.41 bits per heavy atom. The van der Waals surface area contributed by atoms with Crippen molar-refractivity contribution in [1.82, 2.24) is 20.4 Å². The van der Waals surface area contributed by atoms with Gasteiger partial charge in [-0.1, -0.05) is 22.9 Å². The molecule has 1 fully saturated rings. The maximum atomic E-state index is 12.4. The molecule has 2 aromatic rings. The van der Waals surface area contributed by atoms with Crippen molar-refractivity contribution in [3.8, 4) is 0 Å². The van der Waals surface area contributed by atoms with Crippen molar-refractivity contribution in [2.45, 2.75) is 19.9 Å². The summed E-state index contributed by atoms with van der Waals surface area (Å²) in [5, 5.41) is 15.0. The standard InChI is InChI=1S/C17H21ClN6O2S/c1-11(15(25)20-16-22-21-12(2)27-16)19-17(26)24-9-7-23(8-10-24)14-5-3-13(18)4-6-14/h3-6,11H,7-10H2,1-2H3,(H,19,26)(H,20,22,25)/t11-/m1/s1. The topological polar surface area (TPSA) is 90.5 Å². The molecule has 1 aromatic carbocycles. The van der Waals surface area contributed by atoms with Crippen LogP contribution >= 0.6 is 22.9 Å². The van der Waals surface area contributed by atoms with E-state index in [-0.39, 0.29) is 11.9 Å². The normalized spacial score (nSPS) is 15.4. The Balaban J connectivity index is 1.47. The molecule has 0 bridgehead atoms. The molecule has 8 nitrogen and oxygen atoms in total. The molecular formula is C17H21ClN6O2S. The number of aryl methyl sites for hydroxylation is 1. The average Bonchev–Trinajstić information content (AvgIpc) is 3.07. The number of amides is 3. The molecule has 1 saturated heterocycles. The fourth-order valence-corrected chi connectivity index (χ4v) is 3.44. The van der Waals surface area contributed by atoms with Crippen molar-refractivity contribution in [3.63, 3.8) is 0 Å². The average molecular weight is 409 g/mol. The van der Waals surface area contributed by atoms with E-state index in [0.717, 1.165) is 23.8 Å². The maximum absolute atomic E-state index is 12.4. The van der Waals surface area contributed by atoms with Crippen molar-refractivity contribution in [2.24, 2.45) is 0 Å². The van der Waals surface area contributed by atoms with Crippen LogP contribution in [0.25, 0.3) is 0 Å². The highest BCUT2D eigenvalue weighted by Gasteiger charge is 2.24. The van der Waals surface area contributed by atoms with Gasteiger partial charge in [0, 0.05) is 36.9 Å². The summed E-state index contributed by atoms with van der Waals surface area (Å²) in [6, 6.07) is 6.74. The van der Waals surface area contributed by atoms with E-state index in [1.807, 2.05) is 31.2 Å². The first-order valence-corrected chi connectivity index (χ1v) is 9.79. The highest BCUT2D eigenvalue weighted by Crippen LogP contribution is 2.19. The number of halogens is 1. The number of rotatable bonds is 4. The number of carbonyl (C=O) groups is 2. The van der Waals surface area contributed by atoms with Crippen LogP contribution in [0.1, 0.15) is 11.9 Å². The Kier molecular flexibility index (Phi) is 6.12. The van der Waals surface area contributed by atoms with E-state index in [2.05, 4.69) is 25.7 Å². The number of urea groups is 1. The van der Waals surface area contributed by atoms with E-state index in [1.54, 1.807) is 11.8 Å². The largest absolute Gasteiger partial charge is 0.368 e. The maximum Gasteiger partial charge on any atom is 0.318 e. The van der Waals surface area contributed by atoms with Gasteiger partial charge in [0.2, 0.25) is 11.0 Å². The van der Waals surface area contributed by atoms with Crippen LogP contribution in [0.5, 0.6) is 0 Å². The molecule has 27 heavy (non-hydrogen) atoms. The van der Waals surface area contributed by atoms with Crippen LogP contribution in [0.3, 0.4) is 0 Å². The number of hydrogen-bond acceptors (Lipinski definition) is 6. The first kappa shape index (κ1) is 19.4. The summed E-state index contributed by atoms with van der Waals surface area (Å²) in [6.07, 6.45) is 0. The van der Waals surface area contributed by atoms with E-state index in [9.17, 15) is 9.59 Å². The Bertz CT molecular complexity index is 804. The molecule has 2 N–H and O–H groups in total. The molecule has 0 aliphatic carbocycles. The number of carbonyl (C=O) groups excluding carboxylic acids is 2. The number of piperazine rings is 1. The van der Waals surface area contributed by atoms with Gasteiger partial charge in [0.1, 0.15) is 11.0 Å². The highest BCUT2D eigenvalue weighted by atomic mass is 35.5. The van der Waals surface area contributed by atoms with Gasteiger partial charge >= 0.3 is 6.03 Å². The van der Waals surface area contributed by atoms with Crippen LogP contribution in [0.15, 0.2) is 24.3 Å². The molecule has 1 atom stereocenters. The van der Waals surface area contributed by atoms with Crippen molar-refractivity contribution in [3.05, 3.63) is 34.3 Å². The lowest BCUT2D eigenvalue weighted by atomic mass is 10.2. The molecule has 1 aliphatic rings. The summed E-state index contributed by atoms with van der Waals surface area (Å²) in [6.45, 7) is 6.06. The van der Waals surface area contributed by atoms with Crippen LogP contribution in [0.2, 0.25) is 5.02 Å². The van der Waals surface area contributed by atoms with Gasteiger partial charge in [-0.3, -0.25) is 10.1 Å². The summed E-state index contributed by atoms with van der Waals surface area (Å²) in [4.78, 5) is 28.5. The Labute approximate surface area is 166 Å². The summed E-state index contributed by atoms with van der Waals surface area (Å²) in [5.74, 6) is -0.320. The van der Waals surface area contributed by atoms with Gasteiger partial charge in [-0.05, 0) is 38.1 Å². The Morgan fingerprint density at radius 1 is 1.15 bits per heavy atom. The third-order valence-corrected chi connectivity index (χ3v) is 5.25. The second kappa shape index (κ2) is 8.53. The smallest absolute Gasteiger partial charge is 0.318 e. The zero-order valence-corrected chi connectivity index (χ0v) is 16.7. The quantitative estimate of drug-likeness (QED) is 0.810. The first-order chi connectivity index (χ1) is 12.9. The van der Waals surface area contributed by atoms with Crippen LogP contribution in [-0.2, 0) is 4.79 Å². The molecule has 3 amide bonds. The van der Waals surface area contributed by atoms with Gasteiger partial charge in [0.25, 0.3) is 0 Å². The molecule has 144 valence electrons. The second-order valence-electron chi connectivity index (χ2n) is 6.24. The predicted octanol–water partition coefficient (Wildman–Crippen LogP) is 2.36. The molecule has 2 heterocycles. The molecule has 1 aromatic heterocycles. The predicted molar refractivity (Wildman–Crippen MR) is 107 cm³/mol. The molecule has 0 unspecified atom stereocenters. The Hall–Kier alpha value is -2.39. The number of hydrogen-bond donors (Lipinski definition) is 2. The monoisotopic (exact) mass is 408 g/mol. The molecule has 0 radical (unpaired) electrons. The molecule has 3 rings (SSSR count). The summed E-state index contributed by atoms with van der Waals surface area (Å²) in [7, 11) is 0. The second-order valence-corrected chi connectivity index (χ2v) is 7.86. The first-order valence-electron chi connectivity index (χ1n) is 8.59. The van der Waals surface area contributed by atoms with E-state index in [1.165, 1.54) is 11.3 Å². The van der Waals surface area contributed by atoms with E-state index in [0.29, 0.717) is 23.2 Å². The molecular weight excluding hydrogens is 388 g/mol. The fourth-order valence-electron chi connectivity index (χ4n) is 2.72. The number of anilines is 2. The van der Waals surface area contributed by atoms with Crippen molar-refractivity contribution >= 4 is 45.7 Å². The minimum absolute atomic E-state index is 0.248. The Morgan fingerprint density at radius 2 is 1.81 bits per heavy atom. The van der Waals surface area contributed by atoms with E-state index < -0.39 is 6.04 Å². The van der Waals surface area contributed by atoms with Crippen LogP contribution in [-0.4, -0.2) is 59.3 Å². The van der Waals surface area contributed by atoms with E-state index in [4.69, 9.17) is 11.6 Å². The number of nitrogens with one attached hydrogen (secondary N) is 2. The van der Waals surface area contributed by atoms with Gasteiger partial charge in [0.05, 0.1) is 0 Å². The van der Waals surface area contributed by atoms with Crippen LogP contribution in [0.4, 0.5) is 15.6 Å². The zero-order chi connectivity index (χ0) is 19.4. The van der Waals surface area contributed by atoms with Gasteiger partial charge in [-0.2, -0.15) is 0 Å². The molecule has 0 spiro atoms. The number of aromatic nitrogens is 2. The summed E-state index contributed by atoms with van der Waals surface area (Å²) >= 11 is 7.21. The minimum Gasteiger partial charge on any atom is -0.368 e. The summed E-state index contributed by atoms with van der Waals surface area (Å²) in [5.41, 5.74) is 1.08. The lowest BCUT2D eigenvalue weighted by Gasteiger charge is -2.36. The van der Waals surface area contributed by atoms with Crippen molar-refractivity contribution in [1.29, 1.82) is 0 Å². The molecule has 1 aliphatic heterocycles. The zero-order valence-electron chi connectivity index (χ0n) is 15.1. The summed E-state index contributed by atoms with van der Waals surface area (Å²) < 4.78 is 0. The fraction of sp³-hybridized carbons (Fsp3) is 0.412. The van der Waals surface area contributed by atoms with Crippen LogP contribution < -0.4 is 15.5 Å². The lowest BCUT2D eigenvalue weighted by Crippen LogP contribution is -2.54. The van der Waals surface area contributed by atoms with Gasteiger partial charge in [0.15, 0.2) is 0 Å². The third kappa shape index (κ3) is 5.08. The molecule has 10 heteroatoms. The van der Waals surface area contributed by atoms with Gasteiger partial charge in [-0.25, -0.2) is 4.79 Å². The number of benzene rings is 1. The van der Waals surface area contributed by atoms with Crippen molar-refractivity contribution in [2.75, 3.05) is 36.4 Å². The molecule has 0 saturated carbocycles. The minimum atomic E-state index is -0.670. The van der Waals surface area contributed by atoms with Crippen molar-refractivity contribution < 1.29 is 9.59 Å². The van der Waals surface area contributed by atoms with Gasteiger partial charge < -0.3 is 15.1 Å². The van der Waals surface area contributed by atoms with E-state index >= 15 is 0 Å². The highest BCUT2D eigenvalue weighted by molar-refractivity contribution is 7.15. The van der Waals surface area contributed by atoms with Gasteiger partial charge in [-0.15, -0.1) is 10.2 Å². The number of nitrogens with zero attached hydrogens (tertiary/aromatic N) is 4. The SMILES string of the molecule is Cc1nnc(NC(=O)[C@@H](C)NC(=O)N2CCN(c3ccc(Cl)cc3)CC2)s1.